The van der Waals surface area contributed by atoms with Crippen molar-refractivity contribution in [3.8, 4) is 0 Å². The number of aryl methyl sites for hydroxylation is 1. The lowest BCUT2D eigenvalue weighted by Gasteiger charge is -1.99. The van der Waals surface area contributed by atoms with E-state index in [9.17, 15) is 9.59 Å². The van der Waals surface area contributed by atoms with Gasteiger partial charge in [0, 0.05) is 11.1 Å². The largest absolute Gasteiger partial charge is 0.476 e. The highest BCUT2D eigenvalue weighted by Crippen LogP contribution is 2.09. The zero-order valence-corrected chi connectivity index (χ0v) is 11.0. The fraction of sp³-hybridized carbons (Fsp3) is 0.273. The van der Waals surface area contributed by atoms with Gasteiger partial charge in [0.1, 0.15) is 10.7 Å². The van der Waals surface area contributed by atoms with E-state index >= 15 is 0 Å². The van der Waals surface area contributed by atoms with Gasteiger partial charge in [-0.25, -0.2) is 9.78 Å². The predicted octanol–water partition coefficient (Wildman–Crippen LogP) is 1.06. The maximum Gasteiger partial charge on any atom is 0.355 e. The fourth-order valence-electron chi connectivity index (χ4n) is 1.40. The summed E-state index contributed by atoms with van der Waals surface area (Å²) in [4.78, 5) is 26.3. The highest BCUT2D eigenvalue weighted by Gasteiger charge is 2.12. The Morgan fingerprint density at radius 1 is 1.47 bits per heavy atom. The third kappa shape index (κ3) is 3.16. The Hall–Kier alpha value is -2.22. The molecule has 7 nitrogen and oxygen atoms in total. The van der Waals surface area contributed by atoms with Gasteiger partial charge in [0.2, 0.25) is 0 Å². The molecular formula is C11H12N4O3S. The smallest absolute Gasteiger partial charge is 0.355 e. The quantitative estimate of drug-likeness (QED) is 0.759. The normalized spacial score (nSPS) is 10.4. The second kappa shape index (κ2) is 5.61. The first kappa shape index (κ1) is 13.2. The van der Waals surface area contributed by atoms with Gasteiger partial charge in [-0.2, -0.15) is 5.10 Å². The summed E-state index contributed by atoms with van der Waals surface area (Å²) in [5, 5.41) is 20.0. The number of aromatic carboxylic acids is 1. The zero-order valence-electron chi connectivity index (χ0n) is 10.1. The summed E-state index contributed by atoms with van der Waals surface area (Å²) in [5.74, 6) is -1.39. The SMILES string of the molecule is CCc1cc(C(=O)NCc2nc(C(=O)O)cs2)n[nH]1. The number of carboxylic acid groups (broad SMARTS) is 1. The van der Waals surface area contributed by atoms with Gasteiger partial charge in [0.05, 0.1) is 6.54 Å². The summed E-state index contributed by atoms with van der Waals surface area (Å²) in [7, 11) is 0. The minimum atomic E-state index is -1.08. The summed E-state index contributed by atoms with van der Waals surface area (Å²) in [5.41, 5.74) is 1.18. The lowest BCUT2D eigenvalue weighted by Crippen LogP contribution is -2.23. The Morgan fingerprint density at radius 3 is 2.84 bits per heavy atom. The first-order valence-corrected chi connectivity index (χ1v) is 6.48. The first-order valence-electron chi connectivity index (χ1n) is 5.60. The Bertz CT molecular complexity index is 605. The molecule has 0 aliphatic heterocycles. The van der Waals surface area contributed by atoms with E-state index in [0.717, 1.165) is 12.1 Å². The van der Waals surface area contributed by atoms with Crippen LogP contribution in [-0.4, -0.2) is 32.2 Å². The number of nitrogens with one attached hydrogen (secondary N) is 2. The van der Waals surface area contributed by atoms with E-state index in [1.165, 1.54) is 16.7 Å². The zero-order chi connectivity index (χ0) is 13.8. The van der Waals surface area contributed by atoms with E-state index in [1.807, 2.05) is 6.92 Å². The summed E-state index contributed by atoms with van der Waals surface area (Å²) in [6, 6.07) is 1.68. The number of H-pyrrole nitrogens is 1. The maximum atomic E-state index is 11.8. The molecule has 2 rings (SSSR count). The van der Waals surface area contributed by atoms with Crippen LogP contribution in [0.2, 0.25) is 0 Å². The molecule has 0 aliphatic rings. The topological polar surface area (TPSA) is 108 Å². The monoisotopic (exact) mass is 280 g/mol. The molecule has 2 aromatic rings. The van der Waals surface area contributed by atoms with Crippen LogP contribution in [0.15, 0.2) is 11.4 Å². The molecule has 100 valence electrons. The molecular weight excluding hydrogens is 268 g/mol. The van der Waals surface area contributed by atoms with Gasteiger partial charge in [-0.15, -0.1) is 11.3 Å². The number of hydrogen-bond donors (Lipinski definition) is 3. The number of nitrogens with zero attached hydrogens (tertiary/aromatic N) is 2. The van der Waals surface area contributed by atoms with Crippen LogP contribution in [0.3, 0.4) is 0 Å². The molecule has 3 N–H and O–H groups in total. The number of carbonyl (C=O) groups is 2. The Morgan fingerprint density at radius 2 is 2.26 bits per heavy atom. The van der Waals surface area contributed by atoms with Gasteiger partial charge >= 0.3 is 5.97 Å². The molecule has 19 heavy (non-hydrogen) atoms. The van der Waals surface area contributed by atoms with Crippen molar-refractivity contribution in [1.29, 1.82) is 0 Å². The van der Waals surface area contributed by atoms with Crippen LogP contribution in [0.5, 0.6) is 0 Å². The van der Waals surface area contributed by atoms with Gasteiger partial charge < -0.3 is 10.4 Å². The molecule has 0 unspecified atom stereocenters. The highest BCUT2D eigenvalue weighted by atomic mass is 32.1. The van der Waals surface area contributed by atoms with Crippen molar-refractivity contribution in [3.63, 3.8) is 0 Å². The van der Waals surface area contributed by atoms with Crippen molar-refractivity contribution < 1.29 is 14.7 Å². The standard InChI is InChI=1S/C11H12N4O3S/c1-2-6-3-7(15-14-6)10(16)12-4-9-13-8(5-19-9)11(17)18/h3,5H,2,4H2,1H3,(H,12,16)(H,14,15)(H,17,18). The fourth-order valence-corrected chi connectivity index (χ4v) is 2.10. The number of rotatable bonds is 5. The molecule has 0 saturated heterocycles. The van der Waals surface area contributed by atoms with Gasteiger partial charge in [-0.3, -0.25) is 9.89 Å². The van der Waals surface area contributed by atoms with E-state index in [2.05, 4.69) is 20.5 Å². The molecule has 0 atom stereocenters. The van der Waals surface area contributed by atoms with E-state index in [0.29, 0.717) is 10.7 Å². The number of amides is 1. The van der Waals surface area contributed by atoms with Crippen LogP contribution in [0.1, 0.15) is 38.6 Å². The minimum Gasteiger partial charge on any atom is -0.476 e. The van der Waals surface area contributed by atoms with Crippen molar-refractivity contribution in [2.24, 2.45) is 0 Å². The molecule has 0 spiro atoms. The molecule has 2 aromatic heterocycles. The van der Waals surface area contributed by atoms with Gasteiger partial charge in [0.15, 0.2) is 5.69 Å². The van der Waals surface area contributed by atoms with Gasteiger partial charge in [-0.05, 0) is 12.5 Å². The van der Waals surface area contributed by atoms with Crippen LogP contribution in [0.25, 0.3) is 0 Å². The Balaban J connectivity index is 1.94. The van der Waals surface area contributed by atoms with Crippen LogP contribution in [0, 0.1) is 0 Å². The third-order valence-corrected chi connectivity index (χ3v) is 3.26. The molecule has 1 amide bonds. The molecule has 0 radical (unpaired) electrons. The van der Waals surface area contributed by atoms with E-state index in [-0.39, 0.29) is 18.1 Å². The molecule has 0 aliphatic carbocycles. The van der Waals surface area contributed by atoms with Crippen molar-refractivity contribution in [2.45, 2.75) is 19.9 Å². The number of aromatic nitrogens is 3. The van der Waals surface area contributed by atoms with E-state index in [4.69, 9.17) is 5.11 Å². The maximum absolute atomic E-state index is 11.8. The van der Waals surface area contributed by atoms with Gasteiger partial charge in [-0.1, -0.05) is 6.92 Å². The lowest BCUT2D eigenvalue weighted by atomic mass is 10.3. The van der Waals surface area contributed by atoms with Crippen LogP contribution >= 0.6 is 11.3 Å². The van der Waals surface area contributed by atoms with Gasteiger partial charge in [0.25, 0.3) is 5.91 Å². The van der Waals surface area contributed by atoms with Crippen LogP contribution < -0.4 is 5.32 Å². The second-order valence-electron chi connectivity index (χ2n) is 3.75. The molecule has 2 heterocycles. The predicted molar refractivity (Wildman–Crippen MR) is 68.2 cm³/mol. The van der Waals surface area contributed by atoms with Crippen molar-refractivity contribution in [1.82, 2.24) is 20.5 Å². The molecule has 0 aromatic carbocycles. The van der Waals surface area contributed by atoms with E-state index < -0.39 is 5.97 Å². The summed E-state index contributed by atoms with van der Waals surface area (Å²) in [6.07, 6.45) is 0.773. The number of carbonyl (C=O) groups excluding carboxylic acids is 1. The second-order valence-corrected chi connectivity index (χ2v) is 4.69. The summed E-state index contributed by atoms with van der Waals surface area (Å²) < 4.78 is 0. The summed E-state index contributed by atoms with van der Waals surface area (Å²) in [6.45, 7) is 2.14. The van der Waals surface area contributed by atoms with Crippen molar-refractivity contribution >= 4 is 23.2 Å². The third-order valence-electron chi connectivity index (χ3n) is 2.42. The molecule has 0 bridgehead atoms. The number of carboxylic acids is 1. The average molecular weight is 280 g/mol. The number of thiazole rings is 1. The molecule has 0 saturated carbocycles. The van der Waals surface area contributed by atoms with Crippen LogP contribution in [-0.2, 0) is 13.0 Å². The van der Waals surface area contributed by atoms with Crippen molar-refractivity contribution in [2.75, 3.05) is 0 Å². The Kier molecular flexibility index (Phi) is 3.91. The lowest BCUT2D eigenvalue weighted by molar-refractivity contribution is 0.0691. The molecule has 8 heteroatoms. The summed E-state index contributed by atoms with van der Waals surface area (Å²) >= 11 is 1.19. The van der Waals surface area contributed by atoms with Crippen LogP contribution in [0.4, 0.5) is 0 Å². The molecule has 0 fully saturated rings. The average Bonchev–Trinajstić information content (AvgIpc) is 3.04. The Labute approximate surface area is 112 Å². The number of aromatic amines is 1. The van der Waals surface area contributed by atoms with Crippen molar-refractivity contribution in [3.05, 3.63) is 33.5 Å². The van der Waals surface area contributed by atoms with E-state index in [1.54, 1.807) is 6.07 Å². The first-order chi connectivity index (χ1) is 9.10. The minimum absolute atomic E-state index is 0.0118. The number of hydrogen-bond acceptors (Lipinski definition) is 5. The highest BCUT2D eigenvalue weighted by molar-refractivity contribution is 7.09.